The van der Waals surface area contributed by atoms with Gasteiger partial charge in [0.25, 0.3) is 0 Å². The molecule has 1 heterocycles. The summed E-state index contributed by atoms with van der Waals surface area (Å²) in [5.74, 6) is 0.948. The quantitative estimate of drug-likeness (QED) is 0.364. The van der Waals surface area contributed by atoms with Gasteiger partial charge < -0.3 is 20.3 Å². The lowest BCUT2D eigenvalue weighted by Crippen LogP contribution is -2.47. The number of guanidine groups is 1. The van der Waals surface area contributed by atoms with Gasteiger partial charge >= 0.3 is 0 Å². The molecule has 0 amide bonds. The van der Waals surface area contributed by atoms with Crippen LogP contribution in [-0.4, -0.2) is 64.3 Å². The number of nitrogens with zero attached hydrogens (tertiary/aromatic N) is 2. The van der Waals surface area contributed by atoms with E-state index in [9.17, 15) is 0 Å². The van der Waals surface area contributed by atoms with Crippen molar-refractivity contribution in [3.05, 3.63) is 0 Å². The van der Waals surface area contributed by atoms with Crippen LogP contribution in [0.25, 0.3) is 0 Å². The standard InChI is InChI=1S/C17H34N4O.HI/c1-18-16(19-13-15-7-6-11-21(15)2)20-14-17(10-12-22-3)8-4-5-9-17;/h15H,4-14H2,1-3H3,(H2,18,19,20);1H. The summed E-state index contributed by atoms with van der Waals surface area (Å²) in [6.07, 6.45) is 9.08. The van der Waals surface area contributed by atoms with E-state index in [4.69, 9.17) is 4.74 Å². The van der Waals surface area contributed by atoms with Crippen LogP contribution < -0.4 is 10.6 Å². The molecule has 2 aliphatic rings. The first-order valence-corrected chi connectivity index (χ1v) is 8.83. The summed E-state index contributed by atoms with van der Waals surface area (Å²) < 4.78 is 5.31. The number of halogens is 1. The lowest BCUT2D eigenvalue weighted by atomic mass is 9.83. The molecule has 0 aromatic carbocycles. The summed E-state index contributed by atoms with van der Waals surface area (Å²) in [7, 11) is 5.88. The van der Waals surface area contributed by atoms with Crippen molar-refractivity contribution in [3.63, 3.8) is 0 Å². The summed E-state index contributed by atoms with van der Waals surface area (Å²) >= 11 is 0. The van der Waals surface area contributed by atoms with Crippen molar-refractivity contribution in [1.29, 1.82) is 0 Å². The second-order valence-corrected chi connectivity index (χ2v) is 7.03. The van der Waals surface area contributed by atoms with Crippen molar-refractivity contribution in [2.75, 3.05) is 47.4 Å². The van der Waals surface area contributed by atoms with Gasteiger partial charge in [0, 0.05) is 39.9 Å². The lowest BCUT2D eigenvalue weighted by molar-refractivity contribution is 0.138. The first-order chi connectivity index (χ1) is 10.7. The number of likely N-dealkylation sites (N-methyl/N-ethyl adjacent to an activating group) is 1. The molecule has 1 unspecified atom stereocenters. The molecule has 1 aliphatic carbocycles. The Balaban J connectivity index is 0.00000264. The van der Waals surface area contributed by atoms with Gasteiger partial charge in [0.05, 0.1) is 0 Å². The molecule has 0 bridgehead atoms. The smallest absolute Gasteiger partial charge is 0.191 e. The Morgan fingerprint density at radius 1 is 1.26 bits per heavy atom. The molecule has 0 radical (unpaired) electrons. The first-order valence-electron chi connectivity index (χ1n) is 8.83. The van der Waals surface area contributed by atoms with Crippen molar-refractivity contribution in [1.82, 2.24) is 15.5 Å². The molecule has 1 saturated heterocycles. The van der Waals surface area contributed by atoms with Gasteiger partial charge in [-0.3, -0.25) is 4.99 Å². The van der Waals surface area contributed by atoms with Gasteiger partial charge in [0.2, 0.25) is 0 Å². The molecule has 1 atom stereocenters. The fourth-order valence-corrected chi connectivity index (χ4v) is 3.90. The van der Waals surface area contributed by atoms with Crippen molar-refractivity contribution >= 4 is 29.9 Å². The van der Waals surface area contributed by atoms with Crippen LogP contribution in [0.1, 0.15) is 44.9 Å². The second kappa shape index (κ2) is 10.7. The van der Waals surface area contributed by atoms with Gasteiger partial charge in [-0.25, -0.2) is 0 Å². The van der Waals surface area contributed by atoms with Crippen LogP contribution in [-0.2, 0) is 4.74 Å². The van der Waals surface area contributed by atoms with Crippen molar-refractivity contribution in [2.45, 2.75) is 51.0 Å². The van der Waals surface area contributed by atoms with Crippen LogP contribution in [0.5, 0.6) is 0 Å². The van der Waals surface area contributed by atoms with Crippen molar-refractivity contribution in [2.24, 2.45) is 10.4 Å². The third kappa shape index (κ3) is 6.38. The van der Waals surface area contributed by atoms with Gasteiger partial charge in [-0.05, 0) is 51.1 Å². The Labute approximate surface area is 159 Å². The fraction of sp³-hybridized carbons (Fsp3) is 0.941. The van der Waals surface area contributed by atoms with E-state index >= 15 is 0 Å². The predicted molar refractivity (Wildman–Crippen MR) is 108 cm³/mol. The van der Waals surface area contributed by atoms with Crippen LogP contribution in [0.3, 0.4) is 0 Å². The second-order valence-electron chi connectivity index (χ2n) is 7.03. The zero-order valence-corrected chi connectivity index (χ0v) is 17.4. The molecule has 2 rings (SSSR count). The topological polar surface area (TPSA) is 48.9 Å². The van der Waals surface area contributed by atoms with E-state index in [0.29, 0.717) is 11.5 Å². The monoisotopic (exact) mass is 438 g/mol. The Morgan fingerprint density at radius 2 is 2.00 bits per heavy atom. The van der Waals surface area contributed by atoms with E-state index < -0.39 is 0 Å². The van der Waals surface area contributed by atoms with Crippen molar-refractivity contribution < 1.29 is 4.74 Å². The highest BCUT2D eigenvalue weighted by Gasteiger charge is 2.33. The van der Waals surface area contributed by atoms with E-state index in [1.54, 1.807) is 7.11 Å². The van der Waals surface area contributed by atoms with Crippen LogP contribution in [0.4, 0.5) is 0 Å². The average Bonchev–Trinajstić information content (AvgIpc) is 3.15. The Kier molecular flexibility index (Phi) is 9.77. The number of ether oxygens (including phenoxy) is 1. The van der Waals surface area contributed by atoms with Crippen LogP contribution in [0, 0.1) is 5.41 Å². The normalized spacial score (nSPS) is 24.5. The van der Waals surface area contributed by atoms with Gasteiger partial charge in [0.15, 0.2) is 5.96 Å². The van der Waals surface area contributed by atoms with Gasteiger partial charge in [-0.2, -0.15) is 0 Å². The third-order valence-corrected chi connectivity index (χ3v) is 5.53. The number of hydrogen-bond acceptors (Lipinski definition) is 3. The summed E-state index contributed by atoms with van der Waals surface area (Å²) in [5.41, 5.74) is 0.401. The molecule has 136 valence electrons. The first kappa shape index (κ1) is 21.0. The highest BCUT2D eigenvalue weighted by Crippen LogP contribution is 2.40. The Bertz CT molecular complexity index is 359. The number of hydrogen-bond donors (Lipinski definition) is 2. The molecule has 1 aliphatic heterocycles. The largest absolute Gasteiger partial charge is 0.385 e. The predicted octanol–water partition coefficient (Wildman–Crippen LogP) is 2.46. The minimum Gasteiger partial charge on any atom is -0.385 e. The van der Waals surface area contributed by atoms with E-state index in [-0.39, 0.29) is 24.0 Å². The summed E-state index contributed by atoms with van der Waals surface area (Å²) in [5, 5.41) is 7.07. The molecule has 0 aromatic heterocycles. The summed E-state index contributed by atoms with van der Waals surface area (Å²) in [6.45, 7) is 4.08. The average molecular weight is 438 g/mol. The highest BCUT2D eigenvalue weighted by atomic mass is 127. The molecular weight excluding hydrogens is 403 g/mol. The number of rotatable bonds is 7. The van der Waals surface area contributed by atoms with E-state index in [1.165, 1.54) is 45.1 Å². The molecule has 1 saturated carbocycles. The molecular formula is C17H35IN4O. The zero-order valence-electron chi connectivity index (χ0n) is 15.1. The van der Waals surface area contributed by atoms with Gasteiger partial charge in [0.1, 0.15) is 0 Å². The maximum absolute atomic E-state index is 5.31. The van der Waals surface area contributed by atoms with Crippen LogP contribution in [0.2, 0.25) is 0 Å². The number of aliphatic imine (C=N–C) groups is 1. The number of methoxy groups -OCH3 is 1. The summed E-state index contributed by atoms with van der Waals surface area (Å²) in [6, 6.07) is 0.646. The zero-order chi connectivity index (χ0) is 15.8. The van der Waals surface area contributed by atoms with E-state index in [2.05, 4.69) is 27.6 Å². The van der Waals surface area contributed by atoms with E-state index in [1.807, 2.05) is 7.05 Å². The minimum absolute atomic E-state index is 0. The fourth-order valence-electron chi connectivity index (χ4n) is 3.90. The number of nitrogens with one attached hydrogen (secondary N) is 2. The third-order valence-electron chi connectivity index (χ3n) is 5.53. The molecule has 6 heteroatoms. The Morgan fingerprint density at radius 3 is 2.57 bits per heavy atom. The maximum atomic E-state index is 5.31. The van der Waals surface area contributed by atoms with Crippen LogP contribution >= 0.6 is 24.0 Å². The van der Waals surface area contributed by atoms with Gasteiger partial charge in [-0.15, -0.1) is 24.0 Å². The SMILES string of the molecule is CN=C(NCC1CCCN1C)NCC1(CCOC)CCCC1.I. The molecule has 0 aromatic rings. The number of likely N-dealkylation sites (tertiary alicyclic amines) is 1. The molecule has 23 heavy (non-hydrogen) atoms. The van der Waals surface area contributed by atoms with E-state index in [0.717, 1.165) is 32.1 Å². The lowest BCUT2D eigenvalue weighted by Gasteiger charge is -2.30. The minimum atomic E-state index is 0. The molecule has 2 N–H and O–H groups in total. The van der Waals surface area contributed by atoms with Crippen molar-refractivity contribution in [3.8, 4) is 0 Å². The summed E-state index contributed by atoms with van der Waals surface area (Å²) in [4.78, 5) is 6.83. The highest BCUT2D eigenvalue weighted by molar-refractivity contribution is 14.0. The molecule has 2 fully saturated rings. The van der Waals surface area contributed by atoms with Crippen LogP contribution in [0.15, 0.2) is 4.99 Å². The van der Waals surface area contributed by atoms with Gasteiger partial charge in [-0.1, -0.05) is 12.8 Å². The maximum Gasteiger partial charge on any atom is 0.191 e. The Hall–Kier alpha value is -0.0800. The molecule has 0 spiro atoms. The molecule has 5 nitrogen and oxygen atoms in total.